The molecular formula is C12H22O. The fraction of sp³-hybridized carbons (Fsp3) is 0.917. The van der Waals surface area contributed by atoms with Crippen molar-refractivity contribution in [1.29, 1.82) is 0 Å². The second-order valence-corrected chi connectivity index (χ2v) is 5.02. The van der Waals surface area contributed by atoms with Crippen LogP contribution in [0.4, 0.5) is 0 Å². The molecule has 1 saturated carbocycles. The standard InChI is InChI=1S/C12H22O/c1-8(2)11(10-6-5-7-10)12(13)9(3)4/h8-11H,5-7H2,1-4H3/t11-/m0/s1. The van der Waals surface area contributed by atoms with Gasteiger partial charge in [-0.1, -0.05) is 34.1 Å². The van der Waals surface area contributed by atoms with Gasteiger partial charge in [0.2, 0.25) is 0 Å². The number of rotatable bonds is 4. The van der Waals surface area contributed by atoms with E-state index < -0.39 is 0 Å². The lowest BCUT2D eigenvalue weighted by Gasteiger charge is -2.36. The van der Waals surface area contributed by atoms with Gasteiger partial charge in [-0.2, -0.15) is 0 Å². The van der Waals surface area contributed by atoms with Crippen LogP contribution in [0.15, 0.2) is 0 Å². The molecular weight excluding hydrogens is 160 g/mol. The Morgan fingerprint density at radius 1 is 1.15 bits per heavy atom. The van der Waals surface area contributed by atoms with E-state index in [1.165, 1.54) is 19.3 Å². The molecule has 1 heteroatoms. The van der Waals surface area contributed by atoms with Gasteiger partial charge in [0.25, 0.3) is 0 Å². The van der Waals surface area contributed by atoms with E-state index in [4.69, 9.17) is 0 Å². The van der Waals surface area contributed by atoms with Gasteiger partial charge < -0.3 is 0 Å². The Hall–Kier alpha value is -0.330. The molecule has 0 saturated heterocycles. The fourth-order valence-corrected chi connectivity index (χ4v) is 2.29. The van der Waals surface area contributed by atoms with Crippen LogP contribution in [0.3, 0.4) is 0 Å². The van der Waals surface area contributed by atoms with Crippen molar-refractivity contribution in [3.8, 4) is 0 Å². The monoisotopic (exact) mass is 182 g/mol. The predicted octanol–water partition coefficient (Wildman–Crippen LogP) is 3.28. The van der Waals surface area contributed by atoms with Gasteiger partial charge in [0.05, 0.1) is 0 Å². The van der Waals surface area contributed by atoms with Gasteiger partial charge in [-0.15, -0.1) is 0 Å². The molecule has 1 atom stereocenters. The number of hydrogen-bond acceptors (Lipinski definition) is 1. The summed E-state index contributed by atoms with van der Waals surface area (Å²) in [6, 6.07) is 0. The third-order valence-corrected chi connectivity index (χ3v) is 3.27. The molecule has 1 nitrogen and oxygen atoms in total. The van der Waals surface area contributed by atoms with E-state index in [2.05, 4.69) is 13.8 Å². The lowest BCUT2D eigenvalue weighted by Crippen LogP contribution is -2.35. The summed E-state index contributed by atoms with van der Waals surface area (Å²) in [6.07, 6.45) is 3.89. The minimum Gasteiger partial charge on any atom is -0.299 e. The third-order valence-electron chi connectivity index (χ3n) is 3.27. The maximum absolute atomic E-state index is 11.9. The lowest BCUT2D eigenvalue weighted by molar-refractivity contribution is -0.130. The van der Waals surface area contributed by atoms with Crippen molar-refractivity contribution in [3.05, 3.63) is 0 Å². The quantitative estimate of drug-likeness (QED) is 0.652. The topological polar surface area (TPSA) is 17.1 Å². The van der Waals surface area contributed by atoms with Crippen LogP contribution in [0.1, 0.15) is 47.0 Å². The molecule has 1 fully saturated rings. The number of carbonyl (C=O) groups excluding carboxylic acids is 1. The molecule has 13 heavy (non-hydrogen) atoms. The average molecular weight is 182 g/mol. The Morgan fingerprint density at radius 2 is 1.69 bits per heavy atom. The van der Waals surface area contributed by atoms with Crippen molar-refractivity contribution < 1.29 is 4.79 Å². The number of hydrogen-bond donors (Lipinski definition) is 0. The summed E-state index contributed by atoms with van der Waals surface area (Å²) in [5.74, 6) is 2.27. The van der Waals surface area contributed by atoms with Crippen LogP contribution in [0, 0.1) is 23.7 Å². The zero-order valence-electron chi connectivity index (χ0n) is 9.34. The SMILES string of the molecule is CC(C)C(=O)[C@@H](C(C)C)C1CCC1. The summed E-state index contributed by atoms with van der Waals surface area (Å²) in [5, 5.41) is 0. The van der Waals surface area contributed by atoms with Crippen LogP contribution < -0.4 is 0 Å². The molecule has 0 amide bonds. The molecule has 0 aromatic carbocycles. The van der Waals surface area contributed by atoms with E-state index in [0.29, 0.717) is 23.5 Å². The molecule has 1 rings (SSSR count). The van der Waals surface area contributed by atoms with Gasteiger partial charge in [-0.05, 0) is 24.7 Å². The highest BCUT2D eigenvalue weighted by atomic mass is 16.1. The Morgan fingerprint density at radius 3 is 1.92 bits per heavy atom. The van der Waals surface area contributed by atoms with Crippen LogP contribution in [0.2, 0.25) is 0 Å². The Kier molecular flexibility index (Phi) is 3.52. The highest BCUT2D eigenvalue weighted by Gasteiger charge is 2.35. The Balaban J connectivity index is 2.61. The summed E-state index contributed by atoms with van der Waals surface area (Å²) in [6.45, 7) is 8.42. The first-order chi connectivity index (χ1) is 6.04. The van der Waals surface area contributed by atoms with Crippen LogP contribution in [0.25, 0.3) is 0 Å². The third kappa shape index (κ3) is 2.32. The molecule has 0 aromatic rings. The molecule has 1 aliphatic rings. The maximum atomic E-state index is 11.9. The minimum absolute atomic E-state index is 0.216. The van der Waals surface area contributed by atoms with Crippen molar-refractivity contribution >= 4 is 5.78 Å². The van der Waals surface area contributed by atoms with Crippen molar-refractivity contribution in [2.24, 2.45) is 23.7 Å². The van der Waals surface area contributed by atoms with Gasteiger partial charge in [-0.25, -0.2) is 0 Å². The molecule has 0 bridgehead atoms. The zero-order valence-corrected chi connectivity index (χ0v) is 9.34. The second-order valence-electron chi connectivity index (χ2n) is 5.02. The summed E-state index contributed by atoms with van der Waals surface area (Å²) >= 11 is 0. The van der Waals surface area contributed by atoms with Crippen molar-refractivity contribution in [2.45, 2.75) is 47.0 Å². The largest absolute Gasteiger partial charge is 0.299 e. The van der Waals surface area contributed by atoms with E-state index in [0.717, 1.165) is 0 Å². The fourth-order valence-electron chi connectivity index (χ4n) is 2.29. The van der Waals surface area contributed by atoms with Gasteiger partial charge in [0.1, 0.15) is 5.78 Å². The normalized spacial score (nSPS) is 20.5. The average Bonchev–Trinajstić information content (AvgIpc) is 1.94. The second kappa shape index (κ2) is 4.26. The van der Waals surface area contributed by atoms with Crippen LogP contribution in [0.5, 0.6) is 0 Å². The molecule has 0 unspecified atom stereocenters. The highest BCUT2D eigenvalue weighted by molar-refractivity contribution is 5.83. The molecule has 0 aliphatic heterocycles. The van der Waals surface area contributed by atoms with Crippen LogP contribution >= 0.6 is 0 Å². The Labute approximate surface area is 81.9 Å². The van der Waals surface area contributed by atoms with E-state index in [1.807, 2.05) is 13.8 Å². The smallest absolute Gasteiger partial charge is 0.139 e. The lowest BCUT2D eigenvalue weighted by atomic mass is 9.68. The van der Waals surface area contributed by atoms with E-state index in [9.17, 15) is 4.79 Å². The molecule has 1 aliphatic carbocycles. The van der Waals surface area contributed by atoms with E-state index >= 15 is 0 Å². The van der Waals surface area contributed by atoms with Crippen molar-refractivity contribution in [3.63, 3.8) is 0 Å². The molecule has 0 N–H and O–H groups in total. The van der Waals surface area contributed by atoms with Crippen LogP contribution in [-0.4, -0.2) is 5.78 Å². The molecule has 0 radical (unpaired) electrons. The van der Waals surface area contributed by atoms with E-state index in [1.54, 1.807) is 0 Å². The number of carbonyl (C=O) groups is 1. The summed E-state index contributed by atoms with van der Waals surface area (Å²) < 4.78 is 0. The summed E-state index contributed by atoms with van der Waals surface area (Å²) in [7, 11) is 0. The predicted molar refractivity (Wildman–Crippen MR) is 55.5 cm³/mol. The Bertz CT molecular complexity index is 178. The van der Waals surface area contributed by atoms with Crippen molar-refractivity contribution in [2.75, 3.05) is 0 Å². The number of ketones is 1. The van der Waals surface area contributed by atoms with E-state index in [-0.39, 0.29) is 5.92 Å². The zero-order chi connectivity index (χ0) is 10.0. The summed E-state index contributed by atoms with van der Waals surface area (Å²) in [5.41, 5.74) is 0. The maximum Gasteiger partial charge on any atom is 0.139 e. The van der Waals surface area contributed by atoms with Gasteiger partial charge >= 0.3 is 0 Å². The molecule has 76 valence electrons. The number of Topliss-reactive ketones (excluding diaryl/α,β-unsaturated/α-hetero) is 1. The highest BCUT2D eigenvalue weighted by Crippen LogP contribution is 2.38. The van der Waals surface area contributed by atoms with Crippen molar-refractivity contribution in [1.82, 2.24) is 0 Å². The first-order valence-electron chi connectivity index (χ1n) is 5.57. The molecule has 0 heterocycles. The molecule has 0 spiro atoms. The first-order valence-corrected chi connectivity index (χ1v) is 5.57. The van der Waals surface area contributed by atoms with Gasteiger partial charge in [0, 0.05) is 11.8 Å². The van der Waals surface area contributed by atoms with Gasteiger partial charge in [-0.3, -0.25) is 4.79 Å². The molecule has 0 aromatic heterocycles. The van der Waals surface area contributed by atoms with Gasteiger partial charge in [0.15, 0.2) is 0 Å². The summed E-state index contributed by atoms with van der Waals surface area (Å²) in [4.78, 5) is 11.9. The van der Waals surface area contributed by atoms with Crippen LogP contribution in [-0.2, 0) is 4.79 Å². The minimum atomic E-state index is 0.216. The first kappa shape index (κ1) is 10.7.